The molecule has 0 atom stereocenters. The Morgan fingerprint density at radius 3 is 2.20 bits per heavy atom. The van der Waals surface area contributed by atoms with E-state index in [9.17, 15) is 0 Å². The van der Waals surface area contributed by atoms with Crippen LogP contribution in [0.1, 0.15) is 13.8 Å². The smallest absolute Gasteiger partial charge is 0.161 e. The molecule has 0 bridgehead atoms. The van der Waals surface area contributed by atoms with Crippen LogP contribution in [0.2, 0.25) is 0 Å². The Kier molecular flexibility index (Phi) is 7.25. The summed E-state index contributed by atoms with van der Waals surface area (Å²) in [7, 11) is 0. The molecule has 0 aliphatic heterocycles. The van der Waals surface area contributed by atoms with Crippen LogP contribution >= 0.6 is 0 Å². The molecule has 1 aromatic heterocycles. The molecule has 0 fully saturated rings. The number of aromatic nitrogens is 4. The van der Waals surface area contributed by atoms with Gasteiger partial charge in [0.2, 0.25) is 0 Å². The number of hydrogen-bond donors (Lipinski definition) is 1. The number of nitrogens with one attached hydrogen (secondary N) is 1. The highest BCUT2D eigenvalue weighted by molar-refractivity contribution is 4.24. The maximum Gasteiger partial charge on any atom is 0.161 e. The van der Waals surface area contributed by atoms with E-state index in [1.807, 2.05) is 13.8 Å². The number of aromatic amines is 1. The van der Waals surface area contributed by atoms with Gasteiger partial charge < -0.3 is 4.74 Å². The van der Waals surface area contributed by atoms with Crippen molar-refractivity contribution in [1.82, 2.24) is 20.6 Å². The zero-order chi connectivity index (χ0) is 7.66. The summed E-state index contributed by atoms with van der Waals surface area (Å²) in [6, 6.07) is 0. The first-order valence-electron chi connectivity index (χ1n) is 3.16. The summed E-state index contributed by atoms with van der Waals surface area (Å²) in [5.41, 5.74) is 0. The van der Waals surface area contributed by atoms with Gasteiger partial charge in [-0.25, -0.2) is 0 Å². The van der Waals surface area contributed by atoms with Gasteiger partial charge in [0.25, 0.3) is 0 Å². The number of hydrogen-bond acceptors (Lipinski definition) is 4. The van der Waals surface area contributed by atoms with Gasteiger partial charge >= 0.3 is 0 Å². The van der Waals surface area contributed by atoms with Crippen LogP contribution in [-0.4, -0.2) is 33.8 Å². The fourth-order valence-corrected chi connectivity index (χ4v) is 0.333. The van der Waals surface area contributed by atoms with Gasteiger partial charge in [-0.2, -0.15) is 5.21 Å². The molecule has 0 unspecified atom stereocenters. The van der Waals surface area contributed by atoms with Gasteiger partial charge in [0.1, 0.15) is 0 Å². The summed E-state index contributed by atoms with van der Waals surface area (Å²) in [6.07, 6.45) is 1.33. The summed E-state index contributed by atoms with van der Waals surface area (Å²) in [5.74, 6) is 0. The van der Waals surface area contributed by atoms with Crippen LogP contribution in [0.3, 0.4) is 0 Å². The van der Waals surface area contributed by atoms with Gasteiger partial charge in [0.15, 0.2) is 6.33 Å². The van der Waals surface area contributed by atoms with Crippen LogP contribution in [0.4, 0.5) is 0 Å². The molecular weight excluding hydrogens is 132 g/mol. The van der Waals surface area contributed by atoms with Crippen molar-refractivity contribution in [3.63, 3.8) is 0 Å². The van der Waals surface area contributed by atoms with E-state index >= 15 is 0 Å². The molecule has 1 N–H and O–H groups in total. The molecule has 0 saturated heterocycles. The summed E-state index contributed by atoms with van der Waals surface area (Å²) >= 11 is 0. The van der Waals surface area contributed by atoms with Crippen LogP contribution in [-0.2, 0) is 4.74 Å². The first kappa shape index (κ1) is 9.03. The molecule has 0 aromatic carbocycles. The highest BCUT2D eigenvalue weighted by Gasteiger charge is 1.64. The Hall–Kier alpha value is -0.970. The van der Waals surface area contributed by atoms with E-state index in [2.05, 4.69) is 20.6 Å². The number of tetrazole rings is 1. The van der Waals surface area contributed by atoms with Crippen molar-refractivity contribution in [2.45, 2.75) is 13.8 Å². The molecule has 0 spiro atoms. The van der Waals surface area contributed by atoms with Gasteiger partial charge in [-0.3, -0.25) is 0 Å². The summed E-state index contributed by atoms with van der Waals surface area (Å²) < 4.78 is 4.83. The van der Waals surface area contributed by atoms with E-state index in [-0.39, 0.29) is 0 Å². The van der Waals surface area contributed by atoms with Crippen molar-refractivity contribution in [3.8, 4) is 0 Å². The molecule has 0 aliphatic rings. The minimum absolute atomic E-state index is 0.844. The Morgan fingerprint density at radius 2 is 2.10 bits per heavy atom. The predicted octanol–water partition coefficient (Wildman–Crippen LogP) is 0.242. The minimum Gasteiger partial charge on any atom is -0.382 e. The van der Waals surface area contributed by atoms with E-state index in [0.717, 1.165) is 13.2 Å². The largest absolute Gasteiger partial charge is 0.382 e. The highest BCUT2D eigenvalue weighted by atomic mass is 16.5. The van der Waals surface area contributed by atoms with E-state index in [1.165, 1.54) is 6.33 Å². The lowest BCUT2D eigenvalue weighted by Gasteiger charge is -1.86. The zero-order valence-corrected chi connectivity index (χ0v) is 6.24. The number of H-pyrrole nitrogens is 1. The van der Waals surface area contributed by atoms with Gasteiger partial charge in [-0.15, -0.1) is 10.2 Å². The molecule has 0 radical (unpaired) electrons. The topological polar surface area (TPSA) is 63.7 Å². The third kappa shape index (κ3) is 7.03. The average Bonchev–Trinajstić information content (AvgIpc) is 2.44. The van der Waals surface area contributed by atoms with E-state index in [4.69, 9.17) is 4.74 Å². The third-order valence-corrected chi connectivity index (χ3v) is 0.678. The highest BCUT2D eigenvalue weighted by Crippen LogP contribution is 1.64. The second kappa shape index (κ2) is 8.03. The number of rotatable bonds is 2. The first-order chi connectivity index (χ1) is 4.91. The second-order valence-electron chi connectivity index (χ2n) is 1.34. The van der Waals surface area contributed by atoms with Crippen molar-refractivity contribution < 1.29 is 4.74 Å². The van der Waals surface area contributed by atoms with E-state index in [0.29, 0.717) is 0 Å². The van der Waals surface area contributed by atoms with Crippen LogP contribution in [0, 0.1) is 0 Å². The van der Waals surface area contributed by atoms with Crippen molar-refractivity contribution in [1.29, 1.82) is 0 Å². The van der Waals surface area contributed by atoms with Gasteiger partial charge in [0, 0.05) is 13.2 Å². The summed E-state index contributed by atoms with van der Waals surface area (Å²) in [4.78, 5) is 0. The fourth-order valence-electron chi connectivity index (χ4n) is 0.333. The molecule has 0 aliphatic carbocycles. The summed E-state index contributed by atoms with van der Waals surface area (Å²) in [5, 5.41) is 12.2. The minimum atomic E-state index is 0.844. The molecular formula is C5H12N4O. The quantitative estimate of drug-likeness (QED) is 0.646. The van der Waals surface area contributed by atoms with Crippen molar-refractivity contribution in [3.05, 3.63) is 6.33 Å². The Labute approximate surface area is 59.8 Å². The van der Waals surface area contributed by atoms with E-state index < -0.39 is 0 Å². The standard InChI is InChI=1S/C4H10O.CH2N4/c1-3-5-4-2;1-2-4-5-3-1/h3-4H2,1-2H3;1H,(H,2,3,4,5). The monoisotopic (exact) mass is 144 g/mol. The maximum absolute atomic E-state index is 4.83. The van der Waals surface area contributed by atoms with Crippen LogP contribution in [0.5, 0.6) is 0 Å². The van der Waals surface area contributed by atoms with Gasteiger partial charge in [-0.05, 0) is 13.8 Å². The number of nitrogens with zero attached hydrogens (tertiary/aromatic N) is 3. The zero-order valence-electron chi connectivity index (χ0n) is 6.24. The third-order valence-electron chi connectivity index (χ3n) is 0.678. The Morgan fingerprint density at radius 1 is 1.40 bits per heavy atom. The molecule has 0 saturated carbocycles. The summed E-state index contributed by atoms with van der Waals surface area (Å²) in [6.45, 7) is 5.67. The molecule has 58 valence electrons. The molecule has 5 heteroatoms. The lowest BCUT2D eigenvalue weighted by atomic mass is 10.8. The lowest BCUT2D eigenvalue weighted by molar-refractivity contribution is 0.162. The van der Waals surface area contributed by atoms with Crippen molar-refractivity contribution in [2.24, 2.45) is 0 Å². The maximum atomic E-state index is 4.83. The fraction of sp³-hybridized carbons (Fsp3) is 0.800. The van der Waals surface area contributed by atoms with Gasteiger partial charge in [-0.1, -0.05) is 5.21 Å². The predicted molar refractivity (Wildman–Crippen MR) is 36.3 cm³/mol. The van der Waals surface area contributed by atoms with Gasteiger partial charge in [0.05, 0.1) is 0 Å². The molecule has 0 amide bonds. The van der Waals surface area contributed by atoms with Crippen LogP contribution in [0.25, 0.3) is 0 Å². The van der Waals surface area contributed by atoms with Crippen LogP contribution < -0.4 is 0 Å². The average molecular weight is 144 g/mol. The SMILES string of the molecule is CCOCC.c1nn[nH]n1. The molecule has 10 heavy (non-hydrogen) atoms. The Balaban J connectivity index is 0.000000162. The van der Waals surface area contributed by atoms with E-state index in [1.54, 1.807) is 0 Å². The normalized spacial score (nSPS) is 8.20. The molecule has 5 nitrogen and oxygen atoms in total. The molecule has 1 aromatic rings. The number of ether oxygens (including phenoxy) is 1. The molecule has 1 rings (SSSR count). The Bertz CT molecular complexity index is 100.0. The first-order valence-corrected chi connectivity index (χ1v) is 3.16. The van der Waals surface area contributed by atoms with Crippen molar-refractivity contribution >= 4 is 0 Å². The molecule has 1 heterocycles. The van der Waals surface area contributed by atoms with Crippen LogP contribution in [0.15, 0.2) is 6.33 Å². The second-order valence-corrected chi connectivity index (χ2v) is 1.34. The lowest BCUT2D eigenvalue weighted by Crippen LogP contribution is -1.84. The van der Waals surface area contributed by atoms with Crippen molar-refractivity contribution in [2.75, 3.05) is 13.2 Å².